The summed E-state index contributed by atoms with van der Waals surface area (Å²) in [5.41, 5.74) is 0.412. The molecular formula is C19H22N2O4S. The molecular weight excluding hydrogens is 352 g/mol. The highest BCUT2D eigenvalue weighted by Crippen LogP contribution is 2.12. The molecule has 2 aromatic rings. The number of sulfonamides is 1. The number of rotatable bonds is 9. The average molecular weight is 374 g/mol. The number of carbonyl (C=O) groups excluding carboxylic acids is 1. The molecule has 1 amide bonds. The van der Waals surface area contributed by atoms with Crippen LogP contribution in [0.25, 0.3) is 0 Å². The molecule has 0 fully saturated rings. The van der Waals surface area contributed by atoms with Crippen LogP contribution in [0.1, 0.15) is 10.4 Å². The highest BCUT2D eigenvalue weighted by molar-refractivity contribution is 7.89. The lowest BCUT2D eigenvalue weighted by Gasteiger charge is -2.17. The van der Waals surface area contributed by atoms with Gasteiger partial charge in [-0.15, -0.1) is 6.58 Å². The van der Waals surface area contributed by atoms with Crippen LogP contribution >= 0.6 is 0 Å². The van der Waals surface area contributed by atoms with Crippen LogP contribution in [0.15, 0.2) is 72.1 Å². The predicted octanol–water partition coefficient (Wildman–Crippen LogP) is 2.30. The quantitative estimate of drug-likeness (QED) is 0.684. The molecule has 0 bridgehead atoms. The van der Waals surface area contributed by atoms with Gasteiger partial charge in [-0.2, -0.15) is 0 Å². The minimum atomic E-state index is -3.60. The Hall–Kier alpha value is -2.64. The molecule has 0 spiro atoms. The van der Waals surface area contributed by atoms with Crippen molar-refractivity contribution in [3.05, 3.63) is 72.8 Å². The Kier molecular flexibility index (Phi) is 6.94. The fraction of sp³-hybridized carbons (Fsp3) is 0.211. The molecule has 1 N–H and O–H groups in total. The number of ether oxygens (including phenoxy) is 1. The average Bonchev–Trinajstić information content (AvgIpc) is 2.66. The molecule has 0 heterocycles. The van der Waals surface area contributed by atoms with Crippen LogP contribution in [-0.4, -0.2) is 46.0 Å². The lowest BCUT2D eigenvalue weighted by atomic mass is 10.2. The Labute approximate surface area is 154 Å². The van der Waals surface area contributed by atoms with Gasteiger partial charge in [0.1, 0.15) is 12.4 Å². The third-order valence-electron chi connectivity index (χ3n) is 3.61. The standard InChI is InChI=1S/C19H22N2O4S/c1-3-13-20-26(23,24)18-11-9-16(10-12-18)19(22)21(2)14-15-25-17-7-5-4-6-8-17/h3-12,20H,1,13-15H2,2H3. The van der Waals surface area contributed by atoms with Crippen molar-refractivity contribution < 1.29 is 17.9 Å². The minimum Gasteiger partial charge on any atom is -0.492 e. The van der Waals surface area contributed by atoms with E-state index in [9.17, 15) is 13.2 Å². The van der Waals surface area contributed by atoms with Gasteiger partial charge in [0, 0.05) is 19.2 Å². The normalized spacial score (nSPS) is 11.0. The second-order valence-corrected chi connectivity index (χ2v) is 7.32. The Morgan fingerprint density at radius 3 is 2.42 bits per heavy atom. The molecule has 0 saturated carbocycles. The molecule has 0 aliphatic heterocycles. The zero-order chi connectivity index (χ0) is 19.0. The van der Waals surface area contributed by atoms with Crippen molar-refractivity contribution >= 4 is 15.9 Å². The Balaban J connectivity index is 1.93. The third kappa shape index (κ3) is 5.44. The number of hydrogen-bond acceptors (Lipinski definition) is 4. The van der Waals surface area contributed by atoms with Gasteiger partial charge in [0.15, 0.2) is 0 Å². The number of nitrogens with one attached hydrogen (secondary N) is 1. The summed E-state index contributed by atoms with van der Waals surface area (Å²) in [7, 11) is -1.92. The first-order valence-electron chi connectivity index (χ1n) is 8.08. The van der Waals surface area contributed by atoms with E-state index in [2.05, 4.69) is 11.3 Å². The van der Waals surface area contributed by atoms with Gasteiger partial charge in [-0.25, -0.2) is 13.1 Å². The van der Waals surface area contributed by atoms with Crippen LogP contribution in [0.5, 0.6) is 5.75 Å². The molecule has 0 radical (unpaired) electrons. The number of para-hydroxylation sites is 1. The second kappa shape index (κ2) is 9.17. The molecule has 0 saturated heterocycles. The third-order valence-corrected chi connectivity index (χ3v) is 5.05. The number of amides is 1. The molecule has 7 heteroatoms. The van der Waals surface area contributed by atoms with Gasteiger partial charge in [-0.05, 0) is 36.4 Å². The second-order valence-electron chi connectivity index (χ2n) is 5.55. The topological polar surface area (TPSA) is 75.7 Å². The molecule has 0 aromatic heterocycles. The summed E-state index contributed by atoms with van der Waals surface area (Å²) in [6.45, 7) is 4.39. The molecule has 138 valence electrons. The van der Waals surface area contributed by atoms with Crippen LogP contribution in [0.4, 0.5) is 0 Å². The monoisotopic (exact) mass is 374 g/mol. The maximum atomic E-state index is 12.4. The summed E-state index contributed by atoms with van der Waals surface area (Å²) in [5.74, 6) is 0.541. The lowest BCUT2D eigenvalue weighted by Crippen LogP contribution is -2.31. The van der Waals surface area contributed by atoms with Gasteiger partial charge in [0.25, 0.3) is 5.91 Å². The summed E-state index contributed by atoms with van der Waals surface area (Å²) in [5, 5.41) is 0. The summed E-state index contributed by atoms with van der Waals surface area (Å²) in [4.78, 5) is 14.0. The van der Waals surface area contributed by atoms with Crippen molar-refractivity contribution in [1.29, 1.82) is 0 Å². The first-order chi connectivity index (χ1) is 12.4. The molecule has 2 rings (SSSR count). The first kappa shape index (κ1) is 19.7. The van der Waals surface area contributed by atoms with Crippen molar-refractivity contribution in [3.63, 3.8) is 0 Å². The smallest absolute Gasteiger partial charge is 0.253 e. The van der Waals surface area contributed by atoms with E-state index >= 15 is 0 Å². The van der Waals surface area contributed by atoms with E-state index in [1.165, 1.54) is 35.2 Å². The maximum absolute atomic E-state index is 12.4. The Bertz CT molecular complexity index is 834. The van der Waals surface area contributed by atoms with Crippen LogP contribution in [0, 0.1) is 0 Å². The van der Waals surface area contributed by atoms with Gasteiger partial charge >= 0.3 is 0 Å². The Morgan fingerprint density at radius 2 is 1.81 bits per heavy atom. The van der Waals surface area contributed by atoms with Crippen LogP contribution in [-0.2, 0) is 10.0 Å². The van der Waals surface area contributed by atoms with E-state index < -0.39 is 10.0 Å². The van der Waals surface area contributed by atoms with E-state index in [0.29, 0.717) is 18.7 Å². The SMILES string of the molecule is C=CCNS(=O)(=O)c1ccc(C(=O)N(C)CCOc2ccccc2)cc1. The highest BCUT2D eigenvalue weighted by atomic mass is 32.2. The van der Waals surface area contributed by atoms with Crippen molar-refractivity contribution in [2.45, 2.75) is 4.90 Å². The van der Waals surface area contributed by atoms with Crippen molar-refractivity contribution in [1.82, 2.24) is 9.62 Å². The minimum absolute atomic E-state index is 0.103. The molecule has 0 aliphatic carbocycles. The molecule has 2 aromatic carbocycles. The van der Waals surface area contributed by atoms with E-state index in [4.69, 9.17) is 4.74 Å². The van der Waals surface area contributed by atoms with Gasteiger partial charge in [0.2, 0.25) is 10.0 Å². The summed E-state index contributed by atoms with van der Waals surface area (Å²) in [6.07, 6.45) is 1.46. The van der Waals surface area contributed by atoms with E-state index in [1.54, 1.807) is 7.05 Å². The van der Waals surface area contributed by atoms with E-state index in [0.717, 1.165) is 5.75 Å². The number of nitrogens with zero attached hydrogens (tertiary/aromatic N) is 1. The largest absolute Gasteiger partial charge is 0.492 e. The van der Waals surface area contributed by atoms with Crippen LogP contribution in [0.2, 0.25) is 0 Å². The molecule has 0 unspecified atom stereocenters. The maximum Gasteiger partial charge on any atom is 0.253 e. The lowest BCUT2D eigenvalue weighted by molar-refractivity contribution is 0.0773. The van der Waals surface area contributed by atoms with Crippen molar-refractivity contribution in [2.75, 3.05) is 26.7 Å². The first-order valence-corrected chi connectivity index (χ1v) is 9.56. The summed E-state index contributed by atoms with van der Waals surface area (Å²) >= 11 is 0. The predicted molar refractivity (Wildman–Crippen MR) is 101 cm³/mol. The summed E-state index contributed by atoms with van der Waals surface area (Å²) in [6, 6.07) is 15.2. The van der Waals surface area contributed by atoms with Gasteiger partial charge in [-0.1, -0.05) is 24.3 Å². The molecule has 26 heavy (non-hydrogen) atoms. The van der Waals surface area contributed by atoms with Gasteiger partial charge < -0.3 is 9.64 Å². The highest BCUT2D eigenvalue weighted by Gasteiger charge is 2.15. The molecule has 0 atom stereocenters. The number of likely N-dealkylation sites (N-methyl/N-ethyl adjacent to an activating group) is 1. The summed E-state index contributed by atoms with van der Waals surface area (Å²) < 4.78 is 32.0. The zero-order valence-corrected chi connectivity index (χ0v) is 15.4. The Morgan fingerprint density at radius 1 is 1.15 bits per heavy atom. The number of carbonyl (C=O) groups is 1. The van der Waals surface area contributed by atoms with Crippen molar-refractivity contribution in [2.24, 2.45) is 0 Å². The van der Waals surface area contributed by atoms with E-state index in [1.807, 2.05) is 30.3 Å². The van der Waals surface area contributed by atoms with Crippen LogP contribution < -0.4 is 9.46 Å². The molecule has 0 aliphatic rings. The molecule has 6 nitrogen and oxygen atoms in total. The van der Waals surface area contributed by atoms with Crippen molar-refractivity contribution in [3.8, 4) is 5.75 Å². The fourth-order valence-electron chi connectivity index (χ4n) is 2.17. The fourth-order valence-corrected chi connectivity index (χ4v) is 3.17. The number of benzene rings is 2. The van der Waals surface area contributed by atoms with Crippen LogP contribution in [0.3, 0.4) is 0 Å². The van der Waals surface area contributed by atoms with E-state index in [-0.39, 0.29) is 17.3 Å². The van der Waals surface area contributed by atoms with Gasteiger partial charge in [-0.3, -0.25) is 4.79 Å². The van der Waals surface area contributed by atoms with Gasteiger partial charge in [0.05, 0.1) is 11.4 Å². The number of hydrogen-bond donors (Lipinski definition) is 1. The zero-order valence-electron chi connectivity index (χ0n) is 14.6.